The molecule has 3 heterocycles. The van der Waals surface area contributed by atoms with E-state index < -0.39 is 5.91 Å². The molecule has 0 atom stereocenters. The smallest absolute Gasteiger partial charge is 0.307 e. The van der Waals surface area contributed by atoms with Gasteiger partial charge in [0, 0.05) is 18.7 Å². The minimum absolute atomic E-state index is 0.216. The average molecular weight is 382 g/mol. The summed E-state index contributed by atoms with van der Waals surface area (Å²) in [4.78, 5) is 19.9. The molecule has 7 nitrogen and oxygen atoms in total. The summed E-state index contributed by atoms with van der Waals surface area (Å²) in [6.45, 7) is 3.02. The van der Waals surface area contributed by atoms with E-state index in [0.717, 1.165) is 34.4 Å². The van der Waals surface area contributed by atoms with Crippen molar-refractivity contribution in [3.8, 4) is 11.3 Å². The second-order valence-corrected chi connectivity index (χ2v) is 6.86. The molecule has 0 aliphatic carbocycles. The Morgan fingerprint density at radius 2 is 2.00 bits per heavy atom. The van der Waals surface area contributed by atoms with Crippen LogP contribution in [0.3, 0.4) is 0 Å². The van der Waals surface area contributed by atoms with Crippen molar-refractivity contribution in [2.24, 2.45) is 5.10 Å². The number of anilines is 1. The summed E-state index contributed by atoms with van der Waals surface area (Å²) in [5.41, 5.74) is 4.34. The molecule has 1 amide bonds. The molecular weight excluding hydrogens is 364 g/mol. The number of aromatic nitrogens is 1. The molecule has 3 aromatic rings. The number of carbonyl (C=O) groups excluding carboxylic acids is 1. The van der Waals surface area contributed by atoms with Crippen LogP contribution in [0.5, 0.6) is 0 Å². The molecule has 0 radical (unpaired) electrons. The van der Waals surface area contributed by atoms with Gasteiger partial charge in [-0.15, -0.1) is 0 Å². The van der Waals surface area contributed by atoms with E-state index in [1.807, 2.05) is 30.3 Å². The Morgan fingerprint density at radius 1 is 1.19 bits per heavy atom. The van der Waals surface area contributed by atoms with Gasteiger partial charge in [0.2, 0.25) is 0 Å². The first kappa shape index (κ1) is 17.4. The lowest BCUT2D eigenvalue weighted by molar-refractivity contribution is 0.0927. The number of nitrogens with zero attached hydrogens (tertiary/aromatic N) is 3. The number of hydrazone groups is 1. The molecule has 0 unspecified atom stereocenters. The van der Waals surface area contributed by atoms with Crippen molar-refractivity contribution in [2.45, 2.75) is 0 Å². The predicted octanol–water partition coefficient (Wildman–Crippen LogP) is 3.00. The highest BCUT2D eigenvalue weighted by molar-refractivity contribution is 7.17. The minimum Gasteiger partial charge on any atom is -0.459 e. The van der Waals surface area contributed by atoms with Crippen LogP contribution in [-0.2, 0) is 4.74 Å². The standard InChI is InChI=1S/C19H18N4O3S/c24-18(15-7-4-10-26-15)22-20-13-16-17(14-5-2-1-3-6-14)21-19(27-16)23-8-11-25-12-9-23/h1-7,10,13H,8-9,11-12H2,(H,22,24)/b20-13-. The third-order valence-corrected chi connectivity index (χ3v) is 5.11. The summed E-state index contributed by atoms with van der Waals surface area (Å²) in [5.74, 6) is -0.177. The highest BCUT2D eigenvalue weighted by Gasteiger charge is 2.19. The van der Waals surface area contributed by atoms with Gasteiger partial charge in [-0.2, -0.15) is 5.10 Å². The topological polar surface area (TPSA) is 80.0 Å². The molecular formula is C19H18N4O3S. The number of rotatable bonds is 5. The molecule has 1 saturated heterocycles. The van der Waals surface area contributed by atoms with Crippen molar-refractivity contribution in [2.75, 3.05) is 31.2 Å². The molecule has 1 fully saturated rings. The van der Waals surface area contributed by atoms with Crippen LogP contribution in [0, 0.1) is 0 Å². The lowest BCUT2D eigenvalue weighted by Crippen LogP contribution is -2.36. The number of amides is 1. The van der Waals surface area contributed by atoms with Crippen LogP contribution in [0.2, 0.25) is 0 Å². The summed E-state index contributed by atoms with van der Waals surface area (Å²) in [7, 11) is 0. The SMILES string of the molecule is O=C(N/N=C\c1sc(N2CCOCC2)nc1-c1ccccc1)c1ccco1. The molecule has 0 saturated carbocycles. The van der Waals surface area contributed by atoms with Crippen LogP contribution < -0.4 is 10.3 Å². The van der Waals surface area contributed by atoms with Gasteiger partial charge in [-0.05, 0) is 12.1 Å². The van der Waals surface area contributed by atoms with Crippen molar-refractivity contribution in [1.29, 1.82) is 0 Å². The highest BCUT2D eigenvalue weighted by Crippen LogP contribution is 2.32. The summed E-state index contributed by atoms with van der Waals surface area (Å²) < 4.78 is 10.5. The molecule has 1 N–H and O–H groups in total. The number of morpholine rings is 1. The second-order valence-electron chi connectivity index (χ2n) is 5.85. The molecule has 4 rings (SSSR count). The third-order valence-electron chi connectivity index (χ3n) is 4.06. The van der Waals surface area contributed by atoms with Gasteiger partial charge in [-0.25, -0.2) is 10.4 Å². The predicted molar refractivity (Wildman–Crippen MR) is 104 cm³/mol. The van der Waals surface area contributed by atoms with Crippen LogP contribution >= 0.6 is 11.3 Å². The van der Waals surface area contributed by atoms with Gasteiger partial charge in [0.1, 0.15) is 0 Å². The van der Waals surface area contributed by atoms with E-state index in [9.17, 15) is 4.79 Å². The Hall–Kier alpha value is -2.97. The normalized spacial score (nSPS) is 14.6. The van der Waals surface area contributed by atoms with Crippen molar-refractivity contribution in [1.82, 2.24) is 10.4 Å². The maximum absolute atomic E-state index is 12.0. The molecule has 0 bridgehead atoms. The van der Waals surface area contributed by atoms with Gasteiger partial charge in [0.05, 0.1) is 36.3 Å². The second kappa shape index (κ2) is 8.15. The van der Waals surface area contributed by atoms with Gasteiger partial charge in [-0.3, -0.25) is 4.79 Å². The molecule has 8 heteroatoms. The van der Waals surface area contributed by atoms with Crippen LogP contribution in [-0.4, -0.2) is 43.4 Å². The number of carbonyl (C=O) groups is 1. The number of benzene rings is 1. The summed E-state index contributed by atoms with van der Waals surface area (Å²) in [6, 6.07) is 13.2. The number of hydrogen-bond acceptors (Lipinski definition) is 7. The van der Waals surface area contributed by atoms with E-state index in [4.69, 9.17) is 14.1 Å². The monoisotopic (exact) mass is 382 g/mol. The first-order chi connectivity index (χ1) is 13.3. The van der Waals surface area contributed by atoms with Gasteiger partial charge < -0.3 is 14.1 Å². The fourth-order valence-corrected chi connectivity index (χ4v) is 3.72. The zero-order valence-electron chi connectivity index (χ0n) is 14.5. The van der Waals surface area contributed by atoms with Crippen molar-refractivity contribution in [3.05, 3.63) is 59.4 Å². The van der Waals surface area contributed by atoms with Crippen molar-refractivity contribution >= 4 is 28.6 Å². The number of hydrogen-bond donors (Lipinski definition) is 1. The van der Waals surface area contributed by atoms with E-state index >= 15 is 0 Å². The molecule has 2 aromatic heterocycles. The van der Waals surface area contributed by atoms with Gasteiger partial charge in [0.25, 0.3) is 0 Å². The zero-order chi connectivity index (χ0) is 18.5. The fraction of sp³-hybridized carbons (Fsp3) is 0.211. The molecule has 0 spiro atoms. The Morgan fingerprint density at radius 3 is 2.74 bits per heavy atom. The van der Waals surface area contributed by atoms with Crippen molar-refractivity contribution in [3.63, 3.8) is 0 Å². The number of thiazole rings is 1. The van der Waals surface area contributed by atoms with E-state index in [1.165, 1.54) is 6.26 Å². The molecule has 1 aliphatic rings. The fourth-order valence-electron chi connectivity index (χ4n) is 2.71. The maximum Gasteiger partial charge on any atom is 0.307 e. The van der Waals surface area contributed by atoms with E-state index in [1.54, 1.807) is 29.7 Å². The first-order valence-electron chi connectivity index (χ1n) is 8.57. The van der Waals surface area contributed by atoms with Crippen LogP contribution in [0.25, 0.3) is 11.3 Å². The summed E-state index contributed by atoms with van der Waals surface area (Å²) >= 11 is 1.55. The third kappa shape index (κ3) is 4.07. The average Bonchev–Trinajstić information content (AvgIpc) is 3.40. The summed E-state index contributed by atoms with van der Waals surface area (Å²) in [6.07, 6.45) is 3.08. The van der Waals surface area contributed by atoms with Crippen LogP contribution in [0.1, 0.15) is 15.4 Å². The largest absolute Gasteiger partial charge is 0.459 e. The van der Waals surface area contributed by atoms with Gasteiger partial charge in [-0.1, -0.05) is 41.7 Å². The van der Waals surface area contributed by atoms with Gasteiger partial charge >= 0.3 is 5.91 Å². The lowest BCUT2D eigenvalue weighted by atomic mass is 10.1. The van der Waals surface area contributed by atoms with Crippen molar-refractivity contribution < 1.29 is 13.9 Å². The Balaban J connectivity index is 1.58. The zero-order valence-corrected chi connectivity index (χ0v) is 15.3. The van der Waals surface area contributed by atoms with Crippen LogP contribution in [0.15, 0.2) is 58.2 Å². The lowest BCUT2D eigenvalue weighted by Gasteiger charge is -2.26. The number of furan rings is 1. The maximum atomic E-state index is 12.0. The Kier molecular flexibility index (Phi) is 5.27. The number of nitrogens with one attached hydrogen (secondary N) is 1. The minimum atomic E-state index is -0.393. The Bertz CT molecular complexity index is 916. The molecule has 27 heavy (non-hydrogen) atoms. The molecule has 1 aromatic carbocycles. The van der Waals surface area contributed by atoms with E-state index in [0.29, 0.717) is 13.2 Å². The van der Waals surface area contributed by atoms with Crippen LogP contribution in [0.4, 0.5) is 5.13 Å². The first-order valence-corrected chi connectivity index (χ1v) is 9.39. The summed E-state index contributed by atoms with van der Waals surface area (Å²) in [5, 5.41) is 5.01. The van der Waals surface area contributed by atoms with E-state index in [-0.39, 0.29) is 5.76 Å². The van der Waals surface area contributed by atoms with Gasteiger partial charge in [0.15, 0.2) is 10.9 Å². The molecule has 1 aliphatic heterocycles. The number of ether oxygens (including phenoxy) is 1. The quantitative estimate of drug-likeness (QED) is 0.542. The molecule has 138 valence electrons. The Labute approximate surface area is 160 Å². The highest BCUT2D eigenvalue weighted by atomic mass is 32.1. The van der Waals surface area contributed by atoms with E-state index in [2.05, 4.69) is 15.4 Å².